The van der Waals surface area contributed by atoms with Crippen LogP contribution in [0.15, 0.2) is 72.8 Å². The van der Waals surface area contributed by atoms with Crippen molar-refractivity contribution in [2.45, 2.75) is 45.5 Å². The molecule has 0 amide bonds. The molecule has 2 aromatic carbocycles. The van der Waals surface area contributed by atoms with E-state index < -0.39 is 12.1 Å². The van der Waals surface area contributed by atoms with Crippen molar-refractivity contribution in [3.63, 3.8) is 0 Å². The molecule has 0 saturated heterocycles. The molecule has 1 N–H and O–H groups in total. The number of allylic oxidation sites excluding steroid dienone is 1. The molecular weight excluding hydrogens is 338 g/mol. The third kappa shape index (κ3) is 7.37. The number of benzene rings is 2. The summed E-state index contributed by atoms with van der Waals surface area (Å²) >= 11 is 0. The van der Waals surface area contributed by atoms with E-state index in [4.69, 9.17) is 4.74 Å². The Hall–Kier alpha value is -2.43. The Labute approximate surface area is 162 Å². The highest BCUT2D eigenvalue weighted by atomic mass is 16.5. The molecule has 27 heavy (non-hydrogen) atoms. The van der Waals surface area contributed by atoms with Crippen LogP contribution in [-0.4, -0.2) is 34.7 Å². The van der Waals surface area contributed by atoms with Crippen molar-refractivity contribution >= 4 is 5.97 Å². The molecule has 4 heteroatoms. The number of esters is 1. The van der Waals surface area contributed by atoms with Crippen LogP contribution in [0.4, 0.5) is 0 Å². The van der Waals surface area contributed by atoms with Crippen molar-refractivity contribution in [3.05, 3.63) is 83.9 Å². The molecular formula is C23H29NO3. The molecule has 0 heterocycles. The molecule has 0 aliphatic rings. The smallest absolute Gasteiger partial charge is 0.330 e. The van der Waals surface area contributed by atoms with Crippen LogP contribution >= 0.6 is 0 Å². The lowest BCUT2D eigenvalue weighted by atomic mass is 10.1. The zero-order valence-corrected chi connectivity index (χ0v) is 16.1. The fraction of sp³-hybridized carbons (Fsp3) is 0.348. The van der Waals surface area contributed by atoms with E-state index in [1.165, 1.54) is 17.2 Å². The number of hydrogen-bond acceptors (Lipinski definition) is 4. The number of carbonyl (C=O) groups is 1. The summed E-state index contributed by atoms with van der Waals surface area (Å²) in [5.74, 6) is -0.416. The number of rotatable bonds is 10. The van der Waals surface area contributed by atoms with E-state index in [1.807, 2.05) is 50.2 Å². The summed E-state index contributed by atoms with van der Waals surface area (Å²) in [6, 6.07) is 20.2. The van der Waals surface area contributed by atoms with Gasteiger partial charge in [-0.1, -0.05) is 73.7 Å². The number of aliphatic hydroxyl groups excluding tert-OH is 1. The molecule has 0 aromatic heterocycles. The average molecular weight is 367 g/mol. The van der Waals surface area contributed by atoms with E-state index in [9.17, 15) is 9.90 Å². The number of carbonyl (C=O) groups excluding carboxylic acids is 1. The lowest BCUT2D eigenvalue weighted by molar-refractivity contribution is -0.142. The second-order valence-corrected chi connectivity index (χ2v) is 6.62. The molecule has 4 nitrogen and oxygen atoms in total. The Bertz CT molecular complexity index is 659. The first-order valence-electron chi connectivity index (χ1n) is 9.43. The first-order valence-corrected chi connectivity index (χ1v) is 9.43. The predicted molar refractivity (Wildman–Crippen MR) is 108 cm³/mol. The summed E-state index contributed by atoms with van der Waals surface area (Å²) in [4.78, 5) is 13.8. The fourth-order valence-corrected chi connectivity index (χ4v) is 2.79. The predicted octanol–water partition coefficient (Wildman–Crippen LogP) is 3.95. The molecule has 2 rings (SSSR count). The van der Waals surface area contributed by atoms with E-state index in [2.05, 4.69) is 29.2 Å². The van der Waals surface area contributed by atoms with Crippen LogP contribution in [0.5, 0.6) is 0 Å². The Balaban J connectivity index is 2.03. The van der Waals surface area contributed by atoms with Crippen molar-refractivity contribution in [1.29, 1.82) is 0 Å². The number of nitrogens with zero attached hydrogens (tertiary/aromatic N) is 1. The van der Waals surface area contributed by atoms with Gasteiger partial charge in [0, 0.05) is 25.2 Å². The fourth-order valence-electron chi connectivity index (χ4n) is 2.79. The normalized spacial score (nSPS) is 13.6. The standard InChI is InChI=1S/C23H29NO3/c1-3-4-15-23(26)27-18-22(25)19(2)24(16-20-11-7-5-8-12-20)17-21-13-9-6-10-14-21/h4-15,19,22,25H,3,16-18H2,1-2H3/t19-,22+/m0/s1. The number of ether oxygens (including phenoxy) is 1. The Morgan fingerprint density at radius 3 is 2.04 bits per heavy atom. The van der Waals surface area contributed by atoms with Crippen molar-refractivity contribution < 1.29 is 14.6 Å². The van der Waals surface area contributed by atoms with Crippen LogP contribution in [0.1, 0.15) is 31.4 Å². The van der Waals surface area contributed by atoms with Gasteiger partial charge in [0.1, 0.15) is 12.7 Å². The zero-order chi connectivity index (χ0) is 19.5. The molecule has 0 spiro atoms. The van der Waals surface area contributed by atoms with Crippen LogP contribution in [0.2, 0.25) is 0 Å². The maximum Gasteiger partial charge on any atom is 0.330 e. The maximum atomic E-state index is 11.6. The van der Waals surface area contributed by atoms with Crippen molar-refractivity contribution in [2.75, 3.05) is 6.61 Å². The minimum atomic E-state index is -0.767. The van der Waals surface area contributed by atoms with E-state index in [0.29, 0.717) is 13.1 Å². The van der Waals surface area contributed by atoms with E-state index in [0.717, 1.165) is 6.42 Å². The highest BCUT2D eigenvalue weighted by molar-refractivity contribution is 5.81. The maximum absolute atomic E-state index is 11.6. The van der Waals surface area contributed by atoms with Crippen LogP contribution in [0.3, 0.4) is 0 Å². The molecule has 0 bridgehead atoms. The largest absolute Gasteiger partial charge is 0.460 e. The third-order valence-electron chi connectivity index (χ3n) is 4.48. The molecule has 0 aliphatic carbocycles. The van der Waals surface area contributed by atoms with Crippen molar-refractivity contribution in [2.24, 2.45) is 0 Å². The van der Waals surface area contributed by atoms with E-state index in [1.54, 1.807) is 6.08 Å². The van der Waals surface area contributed by atoms with Gasteiger partial charge >= 0.3 is 5.97 Å². The van der Waals surface area contributed by atoms with Gasteiger partial charge in [-0.25, -0.2) is 4.79 Å². The summed E-state index contributed by atoms with van der Waals surface area (Å²) in [7, 11) is 0. The topological polar surface area (TPSA) is 49.8 Å². The summed E-state index contributed by atoms with van der Waals surface area (Å²) in [5.41, 5.74) is 2.35. The molecule has 2 aromatic rings. The van der Waals surface area contributed by atoms with E-state index in [-0.39, 0.29) is 12.6 Å². The lowest BCUT2D eigenvalue weighted by Crippen LogP contribution is -2.43. The van der Waals surface area contributed by atoms with Gasteiger partial charge in [0.05, 0.1) is 0 Å². The molecule has 0 saturated carbocycles. The van der Waals surface area contributed by atoms with Crippen LogP contribution < -0.4 is 0 Å². The highest BCUT2D eigenvalue weighted by Gasteiger charge is 2.23. The van der Waals surface area contributed by atoms with Gasteiger partial charge in [0.2, 0.25) is 0 Å². The van der Waals surface area contributed by atoms with Crippen LogP contribution in [0, 0.1) is 0 Å². The Morgan fingerprint density at radius 1 is 1.04 bits per heavy atom. The Morgan fingerprint density at radius 2 is 1.56 bits per heavy atom. The van der Waals surface area contributed by atoms with Crippen molar-refractivity contribution in [3.8, 4) is 0 Å². The zero-order valence-electron chi connectivity index (χ0n) is 16.1. The SMILES string of the molecule is CCC=CC(=O)OC[C@@H](O)[C@H](C)N(Cc1ccccc1)Cc1ccccc1. The molecule has 2 atom stereocenters. The van der Waals surface area contributed by atoms with Crippen molar-refractivity contribution in [1.82, 2.24) is 4.90 Å². The van der Waals surface area contributed by atoms with Crippen LogP contribution in [-0.2, 0) is 22.6 Å². The van der Waals surface area contributed by atoms with E-state index >= 15 is 0 Å². The molecule has 0 radical (unpaired) electrons. The summed E-state index contributed by atoms with van der Waals surface area (Å²) in [6.45, 7) is 5.31. The minimum absolute atomic E-state index is 0.0197. The van der Waals surface area contributed by atoms with Gasteiger partial charge in [0.15, 0.2) is 0 Å². The lowest BCUT2D eigenvalue weighted by Gasteiger charge is -2.32. The summed E-state index contributed by atoms with van der Waals surface area (Å²) in [5, 5.41) is 10.6. The Kier molecular flexibility index (Phi) is 8.75. The second-order valence-electron chi connectivity index (χ2n) is 6.62. The van der Waals surface area contributed by atoms with Gasteiger partial charge in [-0.3, -0.25) is 4.90 Å². The second kappa shape index (κ2) is 11.3. The minimum Gasteiger partial charge on any atom is -0.460 e. The van der Waals surface area contributed by atoms with Crippen LogP contribution in [0.25, 0.3) is 0 Å². The highest BCUT2D eigenvalue weighted by Crippen LogP contribution is 2.16. The number of hydrogen-bond donors (Lipinski definition) is 1. The molecule has 0 unspecified atom stereocenters. The van der Waals surface area contributed by atoms with Gasteiger partial charge in [-0.15, -0.1) is 0 Å². The first-order chi connectivity index (χ1) is 13.1. The molecule has 0 aliphatic heterocycles. The molecule has 144 valence electrons. The average Bonchev–Trinajstić information content (AvgIpc) is 2.71. The number of aliphatic hydroxyl groups is 1. The monoisotopic (exact) mass is 367 g/mol. The van der Waals surface area contributed by atoms with Gasteiger partial charge < -0.3 is 9.84 Å². The summed E-state index contributed by atoms with van der Waals surface area (Å²) < 4.78 is 5.18. The van der Waals surface area contributed by atoms with Gasteiger partial charge in [-0.05, 0) is 24.5 Å². The first kappa shape index (κ1) is 20.9. The third-order valence-corrected chi connectivity index (χ3v) is 4.48. The molecule has 0 fully saturated rings. The quantitative estimate of drug-likeness (QED) is 0.510. The summed E-state index contributed by atoms with van der Waals surface area (Å²) in [6.07, 6.45) is 3.16. The van der Waals surface area contributed by atoms with Gasteiger partial charge in [0.25, 0.3) is 0 Å². The van der Waals surface area contributed by atoms with Gasteiger partial charge in [-0.2, -0.15) is 0 Å².